The van der Waals surface area contributed by atoms with E-state index in [1.807, 2.05) is 0 Å². The third-order valence-electron chi connectivity index (χ3n) is 4.46. The van der Waals surface area contributed by atoms with E-state index < -0.39 is 26.6 Å². The van der Waals surface area contributed by atoms with Gasteiger partial charge in [0.05, 0.1) is 12.9 Å². The van der Waals surface area contributed by atoms with Crippen molar-refractivity contribution in [1.82, 2.24) is 0 Å². The number of hydrogen-bond donors (Lipinski definition) is 2. The zero-order valence-electron chi connectivity index (χ0n) is 13.5. The van der Waals surface area contributed by atoms with E-state index in [1.54, 1.807) is 0 Å². The monoisotopic (exact) mass is 302 g/mol. The van der Waals surface area contributed by atoms with Crippen molar-refractivity contribution >= 4 is 8.32 Å². The molecule has 0 spiro atoms. The van der Waals surface area contributed by atoms with E-state index in [2.05, 4.69) is 41.5 Å². The van der Waals surface area contributed by atoms with Crippen LogP contribution in [0.2, 0.25) is 16.6 Å². The first-order valence-electron chi connectivity index (χ1n) is 7.55. The molecule has 0 fully saturated rings. The van der Waals surface area contributed by atoms with Crippen LogP contribution in [0.4, 0.5) is 0 Å². The molecule has 0 saturated heterocycles. The molecule has 0 saturated carbocycles. The van der Waals surface area contributed by atoms with Gasteiger partial charge in [-0.2, -0.15) is 0 Å². The van der Waals surface area contributed by atoms with E-state index in [1.165, 1.54) is 12.3 Å². The molecule has 3 atom stereocenters. The first-order valence-corrected chi connectivity index (χ1v) is 9.69. The zero-order valence-corrected chi connectivity index (χ0v) is 14.5. The van der Waals surface area contributed by atoms with Crippen LogP contribution in [0.15, 0.2) is 12.3 Å². The molecule has 0 aliphatic carbocycles. The Morgan fingerprint density at radius 1 is 1.05 bits per heavy atom. The molecule has 0 aromatic carbocycles. The van der Waals surface area contributed by atoms with Crippen molar-refractivity contribution in [2.24, 2.45) is 0 Å². The highest BCUT2D eigenvalue weighted by Crippen LogP contribution is 2.42. The van der Waals surface area contributed by atoms with Gasteiger partial charge in [-0.15, -0.1) is 0 Å². The van der Waals surface area contributed by atoms with Gasteiger partial charge >= 0.3 is 0 Å². The van der Waals surface area contributed by atoms with Crippen molar-refractivity contribution in [3.05, 3.63) is 12.3 Å². The summed E-state index contributed by atoms with van der Waals surface area (Å²) in [6.45, 7) is 13.7. The fourth-order valence-electron chi connectivity index (χ4n) is 3.51. The van der Waals surface area contributed by atoms with Crippen LogP contribution in [0.5, 0.6) is 0 Å². The minimum atomic E-state index is -1.96. The second kappa shape index (κ2) is 7.07. The van der Waals surface area contributed by atoms with Crippen LogP contribution in [0.25, 0.3) is 0 Å². The molecular weight excluding hydrogens is 272 g/mol. The fraction of sp³-hybridized carbons (Fsp3) is 0.867. The van der Waals surface area contributed by atoms with E-state index in [-0.39, 0.29) is 0 Å². The minimum absolute atomic E-state index is 0.337. The van der Waals surface area contributed by atoms with Gasteiger partial charge in [-0.3, -0.25) is 0 Å². The van der Waals surface area contributed by atoms with Crippen molar-refractivity contribution in [1.29, 1.82) is 0 Å². The molecule has 4 nitrogen and oxygen atoms in total. The highest BCUT2D eigenvalue weighted by atomic mass is 28.4. The number of aliphatic hydroxyl groups is 2. The van der Waals surface area contributed by atoms with Gasteiger partial charge in [0.25, 0.3) is 0 Å². The smallest absolute Gasteiger partial charge is 0.200 e. The number of hydrogen-bond acceptors (Lipinski definition) is 4. The summed E-state index contributed by atoms with van der Waals surface area (Å²) in [4.78, 5) is 0. The normalized spacial score (nSPS) is 27.4. The van der Waals surface area contributed by atoms with Gasteiger partial charge in [0.1, 0.15) is 18.3 Å². The Kier molecular flexibility index (Phi) is 6.25. The largest absolute Gasteiger partial charge is 0.493 e. The molecule has 5 heteroatoms. The molecule has 0 radical (unpaired) electrons. The predicted molar refractivity (Wildman–Crippen MR) is 83.0 cm³/mol. The molecule has 0 aromatic rings. The maximum Gasteiger partial charge on any atom is 0.200 e. The number of rotatable bonds is 6. The second-order valence-electron chi connectivity index (χ2n) is 6.61. The Morgan fingerprint density at radius 2 is 1.55 bits per heavy atom. The Bertz CT molecular complexity index is 306. The van der Waals surface area contributed by atoms with Gasteiger partial charge in [0, 0.05) is 0 Å². The molecule has 118 valence electrons. The molecule has 2 N–H and O–H groups in total. The van der Waals surface area contributed by atoms with Gasteiger partial charge in [0.15, 0.2) is 0 Å². The van der Waals surface area contributed by atoms with Crippen molar-refractivity contribution in [3.63, 3.8) is 0 Å². The maximum atomic E-state index is 9.96. The molecule has 1 aliphatic rings. The number of ether oxygens (including phenoxy) is 1. The van der Waals surface area contributed by atoms with Crippen LogP contribution >= 0.6 is 0 Å². The van der Waals surface area contributed by atoms with Crippen LogP contribution < -0.4 is 0 Å². The molecule has 0 aromatic heterocycles. The molecule has 0 bridgehead atoms. The minimum Gasteiger partial charge on any atom is -0.493 e. The van der Waals surface area contributed by atoms with E-state index >= 15 is 0 Å². The third-order valence-corrected chi connectivity index (χ3v) is 10.5. The Balaban J connectivity index is 2.79. The molecule has 1 aliphatic heterocycles. The highest BCUT2D eigenvalue weighted by molar-refractivity contribution is 6.77. The lowest BCUT2D eigenvalue weighted by Crippen LogP contribution is -2.51. The second-order valence-corrected chi connectivity index (χ2v) is 12.1. The number of aliphatic hydroxyl groups excluding tert-OH is 2. The topological polar surface area (TPSA) is 58.9 Å². The SMILES string of the molecule is CC(C)[Si](OC[C@H]1OC=CC(O)C1O)(C(C)C)C(C)C. The Labute approximate surface area is 123 Å². The standard InChI is InChI=1S/C15H30O4Si/c1-10(2)20(11(3)4,12(5)6)19-9-14-15(17)13(16)7-8-18-14/h7-8,10-17H,9H2,1-6H3/t13?,14-,15?/m1/s1. The van der Waals surface area contributed by atoms with Crippen molar-refractivity contribution < 1.29 is 19.4 Å². The van der Waals surface area contributed by atoms with E-state index in [4.69, 9.17) is 9.16 Å². The molecule has 0 amide bonds. The average molecular weight is 302 g/mol. The maximum absolute atomic E-state index is 9.96. The summed E-state index contributed by atoms with van der Waals surface area (Å²) >= 11 is 0. The summed E-state index contributed by atoms with van der Waals surface area (Å²) in [5, 5.41) is 19.6. The lowest BCUT2D eigenvalue weighted by Gasteiger charge is -2.43. The Morgan fingerprint density at radius 3 is 2.00 bits per heavy atom. The van der Waals surface area contributed by atoms with Gasteiger partial charge in [-0.25, -0.2) is 0 Å². The van der Waals surface area contributed by atoms with E-state index in [9.17, 15) is 10.2 Å². The van der Waals surface area contributed by atoms with Crippen LogP contribution in [0, 0.1) is 0 Å². The van der Waals surface area contributed by atoms with Crippen LogP contribution in [-0.2, 0) is 9.16 Å². The molecule has 1 heterocycles. The van der Waals surface area contributed by atoms with Gasteiger partial charge < -0.3 is 19.4 Å². The first-order chi connectivity index (χ1) is 9.23. The summed E-state index contributed by atoms with van der Waals surface area (Å²) in [5.41, 5.74) is 1.47. The first kappa shape index (κ1) is 17.7. The fourth-order valence-corrected chi connectivity index (χ4v) is 8.96. The summed E-state index contributed by atoms with van der Waals surface area (Å²) in [6.07, 6.45) is 0.635. The van der Waals surface area contributed by atoms with Gasteiger partial charge in [-0.05, 0) is 22.7 Å². The molecule has 2 unspecified atom stereocenters. The zero-order chi connectivity index (χ0) is 15.5. The Hall–Kier alpha value is -0.363. The van der Waals surface area contributed by atoms with Crippen LogP contribution in [0.1, 0.15) is 41.5 Å². The summed E-state index contributed by atoms with van der Waals surface area (Å²) < 4.78 is 11.8. The average Bonchev–Trinajstić information content (AvgIpc) is 2.33. The van der Waals surface area contributed by atoms with Gasteiger partial charge in [0.2, 0.25) is 8.32 Å². The van der Waals surface area contributed by atoms with Gasteiger partial charge in [-0.1, -0.05) is 41.5 Å². The molecule has 1 rings (SSSR count). The highest BCUT2D eigenvalue weighted by Gasteiger charge is 2.46. The lowest BCUT2D eigenvalue weighted by molar-refractivity contribution is -0.0792. The molecule has 20 heavy (non-hydrogen) atoms. The predicted octanol–water partition coefficient (Wildman–Crippen LogP) is 2.81. The quantitative estimate of drug-likeness (QED) is 0.741. The van der Waals surface area contributed by atoms with Crippen molar-refractivity contribution in [2.45, 2.75) is 76.5 Å². The third kappa shape index (κ3) is 3.45. The van der Waals surface area contributed by atoms with E-state index in [0.29, 0.717) is 23.2 Å². The van der Waals surface area contributed by atoms with Crippen molar-refractivity contribution in [2.75, 3.05) is 6.61 Å². The summed E-state index contributed by atoms with van der Waals surface area (Å²) in [7, 11) is -1.96. The molecular formula is C15H30O4Si. The summed E-state index contributed by atoms with van der Waals surface area (Å²) in [6, 6.07) is 0. The summed E-state index contributed by atoms with van der Waals surface area (Å²) in [5.74, 6) is 0. The van der Waals surface area contributed by atoms with Crippen LogP contribution in [-0.4, -0.2) is 43.4 Å². The van der Waals surface area contributed by atoms with E-state index in [0.717, 1.165) is 0 Å². The van der Waals surface area contributed by atoms with Crippen LogP contribution in [0.3, 0.4) is 0 Å². The lowest BCUT2D eigenvalue weighted by atomic mass is 10.1. The van der Waals surface area contributed by atoms with Crippen molar-refractivity contribution in [3.8, 4) is 0 Å².